The normalized spacial score (nSPS) is 11.3. The first-order valence-electron chi connectivity index (χ1n) is 4.58. The van der Waals surface area contributed by atoms with Crippen molar-refractivity contribution in [2.45, 2.75) is 33.1 Å². The molecule has 4 heteroatoms. The molecular weight excluding hydrogens is 200 g/mol. The third-order valence-corrected chi connectivity index (χ3v) is 2.43. The van der Waals surface area contributed by atoms with E-state index in [9.17, 15) is 8.42 Å². The molecule has 0 aliphatic carbocycles. The van der Waals surface area contributed by atoms with Crippen molar-refractivity contribution in [3.63, 3.8) is 0 Å². The van der Waals surface area contributed by atoms with Crippen LogP contribution in [0.1, 0.15) is 33.1 Å². The van der Waals surface area contributed by atoms with E-state index in [1.807, 2.05) is 0 Å². The van der Waals surface area contributed by atoms with Gasteiger partial charge in [-0.1, -0.05) is 31.8 Å². The molecule has 0 spiro atoms. The van der Waals surface area contributed by atoms with Crippen LogP contribution in [0.5, 0.6) is 0 Å². The first-order chi connectivity index (χ1) is 6.62. The molecule has 0 heterocycles. The summed E-state index contributed by atoms with van der Waals surface area (Å²) >= 11 is 0. The van der Waals surface area contributed by atoms with Gasteiger partial charge in [-0.3, -0.25) is 4.18 Å². The Bertz CT molecular complexity index is 317. The fourth-order valence-corrected chi connectivity index (χ4v) is 1.40. The predicted octanol–water partition coefficient (Wildman–Crippen LogP) is 2.06. The van der Waals surface area contributed by atoms with Gasteiger partial charge in [0.1, 0.15) is 6.61 Å². The van der Waals surface area contributed by atoms with E-state index in [-0.39, 0.29) is 6.61 Å². The summed E-state index contributed by atoms with van der Waals surface area (Å²) in [5, 5.41) is 1.10. The second-order valence-electron chi connectivity index (χ2n) is 2.70. The van der Waals surface area contributed by atoms with Crippen LogP contribution in [0.25, 0.3) is 0 Å². The molecule has 0 bridgehead atoms. The Morgan fingerprint density at radius 3 is 2.71 bits per heavy atom. The molecule has 0 rings (SSSR count). The van der Waals surface area contributed by atoms with Gasteiger partial charge in [0.2, 0.25) is 0 Å². The summed E-state index contributed by atoms with van der Waals surface area (Å²) in [6, 6.07) is 0. The predicted molar refractivity (Wildman–Crippen MR) is 57.0 cm³/mol. The van der Waals surface area contributed by atoms with Gasteiger partial charge >= 0.3 is 0 Å². The lowest BCUT2D eigenvalue weighted by Crippen LogP contribution is -2.01. The lowest BCUT2D eigenvalue weighted by atomic mass is 10.2. The molecule has 0 aliphatic rings. The smallest absolute Gasteiger partial charge is 0.254 e. The van der Waals surface area contributed by atoms with Gasteiger partial charge in [-0.25, -0.2) is 0 Å². The van der Waals surface area contributed by atoms with Crippen molar-refractivity contribution in [1.29, 1.82) is 0 Å². The number of unbranched alkanes of at least 4 members (excludes halogenated alkanes) is 2. The van der Waals surface area contributed by atoms with Crippen LogP contribution in [0.15, 0.2) is 11.5 Å². The standard InChI is InChI=1S/C10H16O3S/c1-3-5-7-8-10-14(11,12)13-9-6-4-2/h8,10H,3,5,7,9H2,1-2H3. The van der Waals surface area contributed by atoms with Crippen molar-refractivity contribution in [3.8, 4) is 11.8 Å². The fourth-order valence-electron chi connectivity index (χ4n) is 0.731. The van der Waals surface area contributed by atoms with Crippen molar-refractivity contribution < 1.29 is 12.6 Å². The monoisotopic (exact) mass is 216 g/mol. The fraction of sp³-hybridized carbons (Fsp3) is 0.600. The lowest BCUT2D eigenvalue weighted by Gasteiger charge is -1.95. The average Bonchev–Trinajstić information content (AvgIpc) is 2.13. The molecule has 0 unspecified atom stereocenters. The summed E-state index contributed by atoms with van der Waals surface area (Å²) in [5.74, 6) is 5.07. The Labute approximate surface area is 86.3 Å². The van der Waals surface area contributed by atoms with Crippen LogP contribution in [0.2, 0.25) is 0 Å². The molecule has 3 nitrogen and oxygen atoms in total. The van der Waals surface area contributed by atoms with E-state index in [1.165, 1.54) is 0 Å². The Morgan fingerprint density at radius 1 is 1.43 bits per heavy atom. The molecule has 0 aromatic rings. The van der Waals surface area contributed by atoms with Crippen LogP contribution in [-0.4, -0.2) is 15.0 Å². The molecule has 80 valence electrons. The van der Waals surface area contributed by atoms with E-state index in [4.69, 9.17) is 0 Å². The lowest BCUT2D eigenvalue weighted by molar-refractivity contribution is 0.370. The van der Waals surface area contributed by atoms with Crippen molar-refractivity contribution in [2.75, 3.05) is 6.61 Å². The Morgan fingerprint density at radius 2 is 2.14 bits per heavy atom. The van der Waals surface area contributed by atoms with Gasteiger partial charge in [0.25, 0.3) is 10.1 Å². The van der Waals surface area contributed by atoms with E-state index in [2.05, 4.69) is 22.9 Å². The first kappa shape index (κ1) is 13.2. The van der Waals surface area contributed by atoms with Gasteiger partial charge in [0.05, 0.1) is 5.41 Å². The molecule has 0 aliphatic heterocycles. The van der Waals surface area contributed by atoms with E-state index >= 15 is 0 Å². The zero-order chi connectivity index (χ0) is 10.9. The minimum Gasteiger partial charge on any atom is -0.254 e. The van der Waals surface area contributed by atoms with E-state index < -0.39 is 10.1 Å². The maximum Gasteiger partial charge on any atom is 0.290 e. The minimum absolute atomic E-state index is 0.0725. The maximum atomic E-state index is 11.1. The molecular formula is C10H16O3S. The van der Waals surface area contributed by atoms with Crippen molar-refractivity contribution >= 4 is 10.1 Å². The van der Waals surface area contributed by atoms with Gasteiger partial charge in [-0.05, 0) is 13.3 Å². The summed E-state index contributed by atoms with van der Waals surface area (Å²) in [6.45, 7) is 3.61. The van der Waals surface area contributed by atoms with Crippen molar-refractivity contribution in [3.05, 3.63) is 11.5 Å². The third kappa shape index (κ3) is 7.84. The van der Waals surface area contributed by atoms with Gasteiger partial charge in [0, 0.05) is 0 Å². The van der Waals surface area contributed by atoms with Gasteiger partial charge in [-0.15, -0.1) is 5.92 Å². The SMILES string of the molecule is CC#CCOS(=O)(=O)C=CCCCC. The Hall–Kier alpha value is -0.790. The van der Waals surface area contributed by atoms with E-state index in [0.717, 1.165) is 24.7 Å². The highest BCUT2D eigenvalue weighted by atomic mass is 32.2. The summed E-state index contributed by atoms with van der Waals surface area (Å²) in [5.41, 5.74) is 0. The summed E-state index contributed by atoms with van der Waals surface area (Å²) in [6.07, 6.45) is 4.41. The number of rotatable bonds is 6. The zero-order valence-electron chi connectivity index (χ0n) is 8.62. The molecule has 0 N–H and O–H groups in total. The van der Waals surface area contributed by atoms with Crippen molar-refractivity contribution in [2.24, 2.45) is 0 Å². The highest BCUT2D eigenvalue weighted by molar-refractivity contribution is 7.89. The molecule has 0 radical (unpaired) electrons. The minimum atomic E-state index is -3.52. The zero-order valence-corrected chi connectivity index (χ0v) is 9.43. The Kier molecular flexibility index (Phi) is 7.17. The molecule has 0 saturated carbocycles. The summed E-state index contributed by atoms with van der Waals surface area (Å²) in [4.78, 5) is 0. The molecule has 0 amide bonds. The molecule has 0 saturated heterocycles. The topological polar surface area (TPSA) is 43.4 Å². The maximum absolute atomic E-state index is 11.1. The molecule has 0 aromatic heterocycles. The second kappa shape index (κ2) is 7.60. The van der Waals surface area contributed by atoms with Gasteiger partial charge < -0.3 is 0 Å². The highest BCUT2D eigenvalue weighted by Gasteiger charge is 2.02. The van der Waals surface area contributed by atoms with Crippen LogP contribution in [0, 0.1) is 11.8 Å². The highest BCUT2D eigenvalue weighted by Crippen LogP contribution is 2.00. The molecule has 0 atom stereocenters. The Balaban J connectivity index is 3.92. The van der Waals surface area contributed by atoms with Crippen LogP contribution >= 0.6 is 0 Å². The molecule has 0 aromatic carbocycles. The largest absolute Gasteiger partial charge is 0.290 e. The van der Waals surface area contributed by atoms with Crippen LogP contribution in [0.3, 0.4) is 0 Å². The average molecular weight is 216 g/mol. The quantitative estimate of drug-likeness (QED) is 0.388. The number of hydrogen-bond acceptors (Lipinski definition) is 3. The second-order valence-corrected chi connectivity index (χ2v) is 4.19. The van der Waals surface area contributed by atoms with Crippen LogP contribution in [0.4, 0.5) is 0 Å². The van der Waals surface area contributed by atoms with Gasteiger partial charge in [0.15, 0.2) is 0 Å². The number of allylic oxidation sites excluding steroid dienone is 1. The van der Waals surface area contributed by atoms with Crippen molar-refractivity contribution in [1.82, 2.24) is 0 Å². The van der Waals surface area contributed by atoms with Gasteiger partial charge in [-0.2, -0.15) is 8.42 Å². The van der Waals surface area contributed by atoms with Crippen LogP contribution in [-0.2, 0) is 14.3 Å². The first-order valence-corrected chi connectivity index (χ1v) is 6.05. The number of hydrogen-bond donors (Lipinski definition) is 0. The third-order valence-electron chi connectivity index (χ3n) is 1.46. The van der Waals surface area contributed by atoms with E-state index in [0.29, 0.717) is 0 Å². The molecule has 14 heavy (non-hydrogen) atoms. The summed E-state index contributed by atoms with van der Waals surface area (Å²) in [7, 11) is -3.52. The van der Waals surface area contributed by atoms with E-state index in [1.54, 1.807) is 13.0 Å². The van der Waals surface area contributed by atoms with Crippen LogP contribution < -0.4 is 0 Å². The summed E-state index contributed by atoms with van der Waals surface area (Å²) < 4.78 is 26.7. The molecule has 0 fully saturated rings.